The van der Waals surface area contributed by atoms with E-state index in [4.69, 9.17) is 39.5 Å². The molecule has 0 aliphatic carbocycles. The molecule has 36 nitrogen and oxygen atoms in total. The Morgan fingerprint density at radius 2 is 0.830 bits per heavy atom. The molecule has 27 N–H and O–H groups in total. The van der Waals surface area contributed by atoms with Crippen molar-refractivity contribution in [2.45, 2.75) is 235 Å². The zero-order valence-electron chi connectivity index (χ0n) is 54.0. The second-order valence-electron chi connectivity index (χ2n) is 22.8. The third-order valence-corrected chi connectivity index (χ3v) is 14.7. The van der Waals surface area contributed by atoms with E-state index in [1.807, 2.05) is 0 Å². The lowest BCUT2D eigenvalue weighted by atomic mass is 10.0. The Labute approximate surface area is 546 Å². The summed E-state index contributed by atoms with van der Waals surface area (Å²) >= 11 is 0. The molecule has 1 heterocycles. The van der Waals surface area contributed by atoms with Crippen LogP contribution in [0, 0.1) is 0 Å². The first-order valence-electron chi connectivity index (χ1n) is 31.7. The number of nitrogens with one attached hydrogen (secondary N) is 10. The number of guanidine groups is 2. The molecule has 0 saturated heterocycles. The maximum absolute atomic E-state index is 14.3. The highest BCUT2D eigenvalue weighted by Gasteiger charge is 2.37. The van der Waals surface area contributed by atoms with Crippen LogP contribution in [-0.2, 0) is 64.0 Å². The minimum Gasteiger partial charge on any atom is -0.481 e. The molecule has 0 aromatic carbocycles. The van der Waals surface area contributed by atoms with E-state index in [2.05, 4.69) is 74.7 Å². The number of aliphatic imine (C=N–C) groups is 2. The molecule has 1 aromatic heterocycles. The van der Waals surface area contributed by atoms with Crippen molar-refractivity contribution in [1.29, 1.82) is 0 Å². The van der Waals surface area contributed by atoms with Crippen molar-refractivity contribution in [1.82, 2.24) is 57.8 Å². The molecule has 0 saturated carbocycles. The normalized spacial score (nSPS) is 14.5. The highest BCUT2D eigenvalue weighted by Crippen LogP contribution is 2.14. The van der Waals surface area contributed by atoms with E-state index in [-0.39, 0.29) is 63.5 Å². The average molecular weight is 1340 g/mol. The summed E-state index contributed by atoms with van der Waals surface area (Å²) in [4.78, 5) is 174. The fourth-order valence-corrected chi connectivity index (χ4v) is 9.37. The molecule has 11 atom stereocenters. The molecule has 94 heavy (non-hydrogen) atoms. The molecule has 0 spiro atoms. The fraction of sp³-hybridized carbons (Fsp3) is 0.707. The topological polar surface area (TPSA) is 624 Å². The Bertz CT molecular complexity index is 2600. The third-order valence-electron chi connectivity index (χ3n) is 14.7. The van der Waals surface area contributed by atoms with Gasteiger partial charge in [-0.2, -0.15) is 0 Å². The van der Waals surface area contributed by atoms with Gasteiger partial charge in [0.15, 0.2) is 11.9 Å². The van der Waals surface area contributed by atoms with Gasteiger partial charge in [-0.05, 0) is 58.8 Å². The number of hydrogen-bond donors (Lipinski definition) is 21. The Morgan fingerprint density at radius 3 is 1.22 bits per heavy atom. The lowest BCUT2D eigenvalue weighted by molar-refractivity contribution is -0.139. The van der Waals surface area contributed by atoms with Gasteiger partial charge in [0.25, 0.3) is 0 Å². The fourth-order valence-electron chi connectivity index (χ4n) is 9.37. The Kier molecular flexibility index (Phi) is 41.8. The van der Waals surface area contributed by atoms with E-state index in [0.717, 1.165) is 46.0 Å². The van der Waals surface area contributed by atoms with Gasteiger partial charge in [-0.1, -0.05) is 84.0 Å². The monoisotopic (exact) mass is 1340 g/mol. The number of unbranched alkanes of at least 4 members (excludes halogenated alkanes) is 12. The van der Waals surface area contributed by atoms with Crippen molar-refractivity contribution in [3.05, 3.63) is 18.2 Å². The van der Waals surface area contributed by atoms with Crippen LogP contribution in [0.15, 0.2) is 22.5 Å². The number of primary amides is 2. The summed E-state index contributed by atoms with van der Waals surface area (Å²) in [7, 11) is 0. The van der Waals surface area contributed by atoms with E-state index in [1.54, 1.807) is 0 Å². The Hall–Kier alpha value is -8.77. The van der Waals surface area contributed by atoms with Crippen LogP contribution in [0.25, 0.3) is 0 Å². The van der Waals surface area contributed by atoms with Crippen LogP contribution in [-0.4, -0.2) is 211 Å². The maximum atomic E-state index is 14.3. The molecule has 11 unspecified atom stereocenters. The molecule has 1 aromatic rings. The first-order valence-corrected chi connectivity index (χ1v) is 31.7. The Balaban J connectivity index is 3.41. The number of carboxylic acids is 1. The van der Waals surface area contributed by atoms with Gasteiger partial charge < -0.3 is 113 Å². The van der Waals surface area contributed by atoms with E-state index in [1.165, 1.54) is 57.5 Å². The summed E-state index contributed by atoms with van der Waals surface area (Å²) in [5.41, 5.74) is 33.1. The third kappa shape index (κ3) is 35.9. The van der Waals surface area contributed by atoms with Gasteiger partial charge in [0, 0.05) is 50.7 Å². The lowest BCUT2D eigenvalue weighted by Crippen LogP contribution is -2.63. The summed E-state index contributed by atoms with van der Waals surface area (Å²) < 4.78 is 0. The maximum Gasteiger partial charge on any atom is 0.303 e. The Morgan fingerprint density at radius 1 is 0.457 bits per heavy atom. The summed E-state index contributed by atoms with van der Waals surface area (Å²) in [6.07, 6.45) is 11.2. The number of carboxylic acid groups (broad SMARTS) is 1. The largest absolute Gasteiger partial charge is 0.481 e. The summed E-state index contributed by atoms with van der Waals surface area (Å²) in [6, 6.07) is -15.5. The number of H-pyrrole nitrogens is 1. The van der Waals surface area contributed by atoms with Gasteiger partial charge in [-0.15, -0.1) is 0 Å². The molecule has 0 aliphatic heterocycles. The van der Waals surface area contributed by atoms with E-state index >= 15 is 0 Å². The van der Waals surface area contributed by atoms with E-state index in [9.17, 15) is 78.0 Å². The molecular formula is C58H103N19O17. The van der Waals surface area contributed by atoms with Gasteiger partial charge in [0.2, 0.25) is 65.0 Å². The number of rotatable bonds is 52. The standard InChI is InChI=1S/C58H103N19O17/c1-4-5-6-7-8-9-10-11-12-13-14-15-16-21-44(83)69-40(28-35-29-65-32-68-35)52(90)71-37(19-17-26-66-57(61)62)49(87)72-39(22-24-43(59)82)51(89)76-47(34(3)81)56(94)73-38(20-18-27-67-58(63)64)50(88)74-41(30-78)53(91)75-42(31-79)54(92)77-46(33(2)80)55(93)70-36(48(60)86)23-25-45(84)85/h29,32-34,36-42,46-47,78-81H,4-28,30-31H2,1-3H3,(H2,59,82)(H2,60,86)(H,65,68)(H,69,83)(H,70,93)(H,71,90)(H,72,87)(H,73,94)(H,74,88)(H,75,91)(H,76,89)(H,77,92)(H,84,85)(H4,61,62,66)(H4,63,64,67). The average Bonchev–Trinajstić information content (AvgIpc) is 0.973. The molecule has 36 heteroatoms. The quantitative estimate of drug-likeness (QED) is 0.0164. The molecule has 0 bridgehead atoms. The number of aliphatic hydroxyl groups excluding tert-OH is 4. The number of aromatic nitrogens is 2. The first kappa shape index (κ1) is 83.2. The van der Waals surface area contributed by atoms with Crippen molar-refractivity contribution >= 4 is 82.9 Å². The number of aliphatic hydroxyl groups is 4. The molecule has 1 rings (SSSR count). The van der Waals surface area contributed by atoms with E-state index < -0.39 is 176 Å². The van der Waals surface area contributed by atoms with Crippen LogP contribution < -0.4 is 82.3 Å². The molecule has 0 fully saturated rings. The predicted molar refractivity (Wildman–Crippen MR) is 342 cm³/mol. The van der Waals surface area contributed by atoms with Gasteiger partial charge in [0.05, 0.1) is 31.7 Å². The van der Waals surface area contributed by atoms with E-state index in [0.29, 0.717) is 12.1 Å². The molecule has 0 radical (unpaired) electrons. The number of imidazole rings is 1. The number of carbonyl (C=O) groups is 12. The SMILES string of the molecule is CCCCCCCCCCCCCCCC(=O)NC(Cc1cnc[nH]1)C(=O)NC(CCCN=C(N)N)C(=O)NC(CCC(N)=O)C(=O)NC(C(=O)NC(CCCN=C(N)N)C(=O)NC(CO)C(=O)NC(CO)C(=O)NC(C(=O)NC(CCC(=O)O)C(N)=O)C(C)O)C(C)O. The predicted octanol–water partition coefficient (Wildman–Crippen LogP) is -5.73. The van der Waals surface area contributed by atoms with Gasteiger partial charge in [-0.25, -0.2) is 4.98 Å². The summed E-state index contributed by atoms with van der Waals surface area (Å²) in [6.45, 7) is 1.79. The van der Waals surface area contributed by atoms with Gasteiger partial charge in [0.1, 0.15) is 54.4 Å². The van der Waals surface area contributed by atoms with Crippen molar-refractivity contribution < 1.29 is 83.1 Å². The number of nitrogens with zero attached hydrogens (tertiary/aromatic N) is 3. The number of amides is 11. The van der Waals surface area contributed by atoms with Crippen LogP contribution in [0.2, 0.25) is 0 Å². The molecular weight excluding hydrogens is 1230 g/mol. The van der Waals surface area contributed by atoms with Crippen molar-refractivity contribution in [3.8, 4) is 0 Å². The highest BCUT2D eigenvalue weighted by atomic mass is 16.4. The minimum atomic E-state index is -1.96. The number of nitrogens with two attached hydrogens (primary N) is 6. The summed E-state index contributed by atoms with van der Waals surface area (Å²) in [5.74, 6) is -13.7. The number of aliphatic carboxylic acids is 1. The number of aromatic amines is 1. The number of carbonyl (C=O) groups excluding carboxylic acids is 11. The van der Waals surface area contributed by atoms with Gasteiger partial charge >= 0.3 is 5.97 Å². The van der Waals surface area contributed by atoms with Crippen LogP contribution >= 0.6 is 0 Å². The molecule has 11 amide bonds. The van der Waals surface area contributed by atoms with Crippen molar-refractivity contribution in [2.24, 2.45) is 44.4 Å². The van der Waals surface area contributed by atoms with Crippen LogP contribution in [0.5, 0.6) is 0 Å². The minimum absolute atomic E-state index is 0.0186. The zero-order valence-corrected chi connectivity index (χ0v) is 54.0. The zero-order chi connectivity index (χ0) is 70.7. The van der Waals surface area contributed by atoms with Crippen LogP contribution in [0.1, 0.15) is 168 Å². The smallest absolute Gasteiger partial charge is 0.303 e. The van der Waals surface area contributed by atoms with Gasteiger partial charge in [-0.3, -0.25) is 67.5 Å². The second kappa shape index (κ2) is 47.2. The second-order valence-corrected chi connectivity index (χ2v) is 22.8. The molecule has 532 valence electrons. The highest BCUT2D eigenvalue weighted by molar-refractivity contribution is 5.99. The lowest BCUT2D eigenvalue weighted by Gasteiger charge is -2.28. The number of hydrogen-bond acceptors (Lipinski definition) is 19. The van der Waals surface area contributed by atoms with Crippen molar-refractivity contribution in [3.63, 3.8) is 0 Å². The molecule has 0 aliphatic rings. The van der Waals surface area contributed by atoms with Crippen LogP contribution in [0.4, 0.5) is 0 Å². The first-order chi connectivity index (χ1) is 44.5. The summed E-state index contributed by atoms with van der Waals surface area (Å²) in [5, 5.41) is 71.5. The van der Waals surface area contributed by atoms with Crippen molar-refractivity contribution in [2.75, 3.05) is 26.3 Å². The van der Waals surface area contributed by atoms with Crippen LogP contribution in [0.3, 0.4) is 0 Å².